The van der Waals surface area contributed by atoms with Crippen LogP contribution < -0.4 is 0 Å². The van der Waals surface area contributed by atoms with E-state index in [1.807, 2.05) is 6.08 Å². The van der Waals surface area contributed by atoms with E-state index in [1.165, 1.54) is 53.9 Å². The van der Waals surface area contributed by atoms with E-state index in [9.17, 15) is 5.26 Å². The molecule has 0 radical (unpaired) electrons. The number of allylic oxidation sites excluding steroid dienone is 1. The maximum absolute atomic E-state index is 9.56. The van der Waals surface area contributed by atoms with Gasteiger partial charge in [0, 0.05) is 20.7 Å². The lowest BCUT2D eigenvalue weighted by atomic mass is 9.84. The number of hydrogen-bond donors (Lipinski definition) is 0. The first-order valence-corrected chi connectivity index (χ1v) is 11.2. The summed E-state index contributed by atoms with van der Waals surface area (Å²) in [7, 11) is 0. The van der Waals surface area contributed by atoms with Crippen LogP contribution in [0, 0.1) is 18.3 Å². The van der Waals surface area contributed by atoms with Crippen LogP contribution in [0.15, 0.2) is 41.8 Å². The first-order valence-electron chi connectivity index (χ1n) is 9.47. The molecule has 3 aromatic rings. The van der Waals surface area contributed by atoms with Crippen LogP contribution in [0.4, 0.5) is 0 Å². The van der Waals surface area contributed by atoms with Crippen molar-refractivity contribution in [3.8, 4) is 17.3 Å². The van der Waals surface area contributed by atoms with Crippen molar-refractivity contribution in [2.24, 2.45) is 0 Å². The SMILES string of the molecule is Cc1ccc(/C=C(\C#N)c2nc(-c3ccc(C4CCCCC4)cc3)cs2)s1. The Morgan fingerprint density at radius 1 is 1.11 bits per heavy atom. The molecule has 0 saturated heterocycles. The smallest absolute Gasteiger partial charge is 0.134 e. The van der Waals surface area contributed by atoms with Crippen LogP contribution in [-0.2, 0) is 0 Å². The van der Waals surface area contributed by atoms with Crippen LogP contribution in [0.2, 0.25) is 0 Å². The molecule has 4 heteroatoms. The monoisotopic (exact) mass is 390 g/mol. The maximum Gasteiger partial charge on any atom is 0.134 e. The van der Waals surface area contributed by atoms with E-state index >= 15 is 0 Å². The quantitative estimate of drug-likeness (QED) is 0.438. The van der Waals surface area contributed by atoms with Crippen molar-refractivity contribution in [2.75, 3.05) is 0 Å². The molecule has 136 valence electrons. The number of benzene rings is 1. The molecule has 0 amide bonds. The molecule has 0 unspecified atom stereocenters. The van der Waals surface area contributed by atoms with Crippen LogP contribution in [0.3, 0.4) is 0 Å². The molecule has 0 N–H and O–H groups in total. The Labute approximate surface area is 168 Å². The molecule has 4 rings (SSSR count). The number of aromatic nitrogens is 1. The van der Waals surface area contributed by atoms with Crippen LogP contribution in [0.5, 0.6) is 0 Å². The number of nitriles is 1. The zero-order valence-corrected chi connectivity index (χ0v) is 17.1. The Morgan fingerprint density at radius 3 is 2.56 bits per heavy atom. The highest BCUT2D eigenvalue weighted by Crippen LogP contribution is 2.34. The minimum absolute atomic E-state index is 0.631. The van der Waals surface area contributed by atoms with Gasteiger partial charge in [-0.25, -0.2) is 4.98 Å². The number of thiazole rings is 1. The number of hydrogen-bond acceptors (Lipinski definition) is 4. The van der Waals surface area contributed by atoms with E-state index in [0.29, 0.717) is 5.57 Å². The minimum Gasteiger partial charge on any atom is -0.235 e. The van der Waals surface area contributed by atoms with Crippen molar-refractivity contribution in [2.45, 2.75) is 44.9 Å². The van der Waals surface area contributed by atoms with Gasteiger partial charge in [-0.2, -0.15) is 5.26 Å². The predicted octanol–water partition coefficient (Wildman–Crippen LogP) is 7.29. The Bertz CT molecular complexity index is 980. The average Bonchev–Trinajstić information content (AvgIpc) is 3.36. The standard InChI is InChI=1S/C23H22N2S2/c1-16-7-12-21(27-16)13-20(14-24)23-25-22(15-26-23)19-10-8-18(9-11-19)17-5-3-2-4-6-17/h7-13,15,17H,2-6H2,1H3/b20-13+. The molecule has 0 spiro atoms. The average molecular weight is 391 g/mol. The van der Waals surface area contributed by atoms with Crippen molar-refractivity contribution in [1.82, 2.24) is 4.98 Å². The molecule has 0 bridgehead atoms. The summed E-state index contributed by atoms with van der Waals surface area (Å²) in [5.74, 6) is 0.723. The van der Waals surface area contributed by atoms with Gasteiger partial charge in [0.1, 0.15) is 11.1 Å². The molecule has 1 saturated carbocycles. The topological polar surface area (TPSA) is 36.7 Å². The van der Waals surface area contributed by atoms with Crippen molar-refractivity contribution in [1.29, 1.82) is 5.26 Å². The first-order chi connectivity index (χ1) is 13.2. The van der Waals surface area contributed by atoms with Crippen LogP contribution in [0.25, 0.3) is 22.9 Å². The zero-order chi connectivity index (χ0) is 18.6. The van der Waals surface area contributed by atoms with Gasteiger partial charge in [-0.05, 0) is 49.5 Å². The van der Waals surface area contributed by atoms with Gasteiger partial charge in [0.15, 0.2) is 0 Å². The van der Waals surface area contributed by atoms with Crippen LogP contribution in [0.1, 0.15) is 58.3 Å². The normalized spacial score (nSPS) is 15.6. The maximum atomic E-state index is 9.56. The van der Waals surface area contributed by atoms with E-state index in [-0.39, 0.29) is 0 Å². The molecule has 2 aromatic heterocycles. The van der Waals surface area contributed by atoms with Gasteiger partial charge in [-0.1, -0.05) is 43.5 Å². The van der Waals surface area contributed by atoms with E-state index in [4.69, 9.17) is 4.98 Å². The number of rotatable bonds is 4. The van der Waals surface area contributed by atoms with E-state index in [1.54, 1.807) is 11.3 Å². The Kier molecular flexibility index (Phi) is 5.52. The van der Waals surface area contributed by atoms with Gasteiger partial charge >= 0.3 is 0 Å². The molecule has 1 aromatic carbocycles. The third-order valence-corrected chi connectivity index (χ3v) is 7.01. The second kappa shape index (κ2) is 8.21. The molecule has 2 nitrogen and oxygen atoms in total. The largest absolute Gasteiger partial charge is 0.235 e. The Morgan fingerprint density at radius 2 is 1.89 bits per heavy atom. The lowest BCUT2D eigenvalue weighted by Crippen LogP contribution is -2.04. The summed E-state index contributed by atoms with van der Waals surface area (Å²) >= 11 is 3.23. The van der Waals surface area contributed by atoms with Gasteiger partial charge in [0.2, 0.25) is 0 Å². The molecule has 1 aliphatic carbocycles. The van der Waals surface area contributed by atoms with Crippen LogP contribution in [-0.4, -0.2) is 4.98 Å². The summed E-state index contributed by atoms with van der Waals surface area (Å²) < 4.78 is 0. The molecule has 2 heterocycles. The summed E-state index contributed by atoms with van der Waals surface area (Å²) in [6.45, 7) is 2.08. The summed E-state index contributed by atoms with van der Waals surface area (Å²) in [6, 6.07) is 15.3. The van der Waals surface area contributed by atoms with Crippen molar-refractivity contribution >= 4 is 34.3 Å². The van der Waals surface area contributed by atoms with Gasteiger partial charge in [0.25, 0.3) is 0 Å². The highest BCUT2D eigenvalue weighted by atomic mass is 32.1. The molecular weight excluding hydrogens is 368 g/mol. The highest BCUT2D eigenvalue weighted by molar-refractivity contribution is 7.13. The molecule has 0 atom stereocenters. The molecule has 27 heavy (non-hydrogen) atoms. The molecule has 0 aliphatic heterocycles. The van der Waals surface area contributed by atoms with Crippen molar-refractivity contribution in [3.63, 3.8) is 0 Å². The molecule has 1 aliphatic rings. The van der Waals surface area contributed by atoms with Gasteiger partial charge in [0.05, 0.1) is 11.3 Å². The van der Waals surface area contributed by atoms with E-state index in [0.717, 1.165) is 27.1 Å². The summed E-state index contributed by atoms with van der Waals surface area (Å²) in [5, 5.41) is 12.4. The molecule has 1 fully saturated rings. The number of thiophene rings is 1. The predicted molar refractivity (Wildman–Crippen MR) is 116 cm³/mol. The van der Waals surface area contributed by atoms with Gasteiger partial charge < -0.3 is 0 Å². The second-order valence-electron chi connectivity index (χ2n) is 7.11. The number of aryl methyl sites for hydroxylation is 1. The van der Waals surface area contributed by atoms with Gasteiger partial charge in [-0.15, -0.1) is 22.7 Å². The number of nitrogens with zero attached hydrogens (tertiary/aromatic N) is 2. The third-order valence-electron chi connectivity index (χ3n) is 5.19. The lowest BCUT2D eigenvalue weighted by molar-refractivity contribution is 0.443. The highest BCUT2D eigenvalue weighted by Gasteiger charge is 2.16. The lowest BCUT2D eigenvalue weighted by Gasteiger charge is -2.22. The first kappa shape index (κ1) is 18.2. The second-order valence-corrected chi connectivity index (χ2v) is 9.29. The fraction of sp³-hybridized carbons (Fsp3) is 0.304. The summed E-state index contributed by atoms with van der Waals surface area (Å²) in [5.41, 5.74) is 4.17. The Hall–Kier alpha value is -2.22. The molecular formula is C23H22N2S2. The third kappa shape index (κ3) is 4.21. The van der Waals surface area contributed by atoms with Crippen molar-refractivity contribution < 1.29 is 0 Å². The zero-order valence-electron chi connectivity index (χ0n) is 15.4. The fourth-order valence-electron chi connectivity index (χ4n) is 3.71. The van der Waals surface area contributed by atoms with E-state index in [2.05, 4.69) is 54.8 Å². The van der Waals surface area contributed by atoms with Crippen LogP contribution >= 0.6 is 22.7 Å². The minimum atomic E-state index is 0.631. The van der Waals surface area contributed by atoms with E-state index < -0.39 is 0 Å². The Balaban J connectivity index is 1.55. The summed E-state index contributed by atoms with van der Waals surface area (Å²) in [4.78, 5) is 7.07. The van der Waals surface area contributed by atoms with Crippen molar-refractivity contribution in [3.05, 3.63) is 62.1 Å². The fourth-order valence-corrected chi connectivity index (χ4v) is 5.32. The van der Waals surface area contributed by atoms with Gasteiger partial charge in [-0.3, -0.25) is 0 Å². The summed E-state index contributed by atoms with van der Waals surface area (Å²) in [6.07, 6.45) is 8.67.